The zero-order valence-electron chi connectivity index (χ0n) is 11.7. The number of hydrogen-bond donors (Lipinski definition) is 2. The van der Waals surface area contributed by atoms with Crippen LogP contribution in [-0.2, 0) is 0 Å². The Morgan fingerprint density at radius 3 is 2.52 bits per heavy atom. The van der Waals surface area contributed by atoms with E-state index in [1.54, 1.807) is 18.2 Å². The highest BCUT2D eigenvalue weighted by molar-refractivity contribution is 7.80. The maximum atomic E-state index is 12.4. The SMILES string of the molecule is Cc1ccc(C)c(C(=O)Nc2cc(Cl)ccc2C(N)=S)c1. The molecule has 0 saturated carbocycles. The predicted molar refractivity (Wildman–Crippen MR) is 91.2 cm³/mol. The number of halogens is 1. The largest absolute Gasteiger partial charge is 0.389 e. The molecule has 2 aromatic carbocycles. The maximum Gasteiger partial charge on any atom is 0.255 e. The monoisotopic (exact) mass is 318 g/mol. The standard InChI is InChI=1S/C16H15ClN2OS/c1-9-3-4-10(2)13(7-9)16(20)19-14-8-11(17)5-6-12(14)15(18)21/h3-8H,1-2H3,(H2,18,21)(H,19,20). The summed E-state index contributed by atoms with van der Waals surface area (Å²) in [7, 11) is 0. The fourth-order valence-electron chi connectivity index (χ4n) is 2.00. The Balaban J connectivity index is 2.38. The topological polar surface area (TPSA) is 55.1 Å². The molecule has 2 aromatic rings. The van der Waals surface area contributed by atoms with Crippen molar-refractivity contribution >= 4 is 40.4 Å². The first-order valence-corrected chi connectivity index (χ1v) is 7.15. The van der Waals surface area contributed by atoms with E-state index in [9.17, 15) is 4.79 Å². The van der Waals surface area contributed by atoms with E-state index >= 15 is 0 Å². The number of aryl methyl sites for hydroxylation is 2. The van der Waals surface area contributed by atoms with Crippen molar-refractivity contribution in [3.63, 3.8) is 0 Å². The molecule has 0 aliphatic carbocycles. The zero-order valence-corrected chi connectivity index (χ0v) is 13.3. The van der Waals surface area contributed by atoms with Crippen molar-refractivity contribution in [1.82, 2.24) is 0 Å². The van der Waals surface area contributed by atoms with E-state index in [1.807, 2.05) is 32.0 Å². The van der Waals surface area contributed by atoms with Gasteiger partial charge in [-0.05, 0) is 43.7 Å². The number of anilines is 1. The first-order chi connectivity index (χ1) is 9.88. The van der Waals surface area contributed by atoms with Crippen LogP contribution < -0.4 is 11.1 Å². The van der Waals surface area contributed by atoms with E-state index in [2.05, 4.69) is 5.32 Å². The third-order valence-corrected chi connectivity index (χ3v) is 3.59. The third kappa shape index (κ3) is 3.60. The molecule has 0 unspecified atom stereocenters. The number of carbonyl (C=O) groups excluding carboxylic acids is 1. The van der Waals surface area contributed by atoms with Gasteiger partial charge in [-0.25, -0.2) is 0 Å². The predicted octanol–water partition coefficient (Wildman–Crippen LogP) is 3.84. The van der Waals surface area contributed by atoms with Crippen molar-refractivity contribution in [2.75, 3.05) is 5.32 Å². The highest BCUT2D eigenvalue weighted by atomic mass is 35.5. The molecule has 0 radical (unpaired) electrons. The van der Waals surface area contributed by atoms with E-state index in [0.29, 0.717) is 21.8 Å². The first kappa shape index (κ1) is 15.5. The number of nitrogens with one attached hydrogen (secondary N) is 1. The van der Waals surface area contributed by atoms with Gasteiger partial charge in [0.1, 0.15) is 4.99 Å². The van der Waals surface area contributed by atoms with Gasteiger partial charge >= 0.3 is 0 Å². The summed E-state index contributed by atoms with van der Waals surface area (Å²) in [4.78, 5) is 12.6. The molecular formula is C16H15ClN2OS. The molecule has 21 heavy (non-hydrogen) atoms. The van der Waals surface area contributed by atoms with Gasteiger partial charge in [0.2, 0.25) is 0 Å². The van der Waals surface area contributed by atoms with E-state index in [4.69, 9.17) is 29.6 Å². The summed E-state index contributed by atoms with van der Waals surface area (Å²) in [5.74, 6) is -0.212. The summed E-state index contributed by atoms with van der Waals surface area (Å²) in [6.07, 6.45) is 0. The van der Waals surface area contributed by atoms with Gasteiger partial charge in [0, 0.05) is 16.1 Å². The Morgan fingerprint density at radius 2 is 1.86 bits per heavy atom. The van der Waals surface area contributed by atoms with Crippen molar-refractivity contribution < 1.29 is 4.79 Å². The second kappa shape index (κ2) is 6.24. The molecule has 0 aromatic heterocycles. The van der Waals surface area contributed by atoms with Crippen LogP contribution in [0.3, 0.4) is 0 Å². The molecule has 0 atom stereocenters. The molecule has 0 saturated heterocycles. The van der Waals surface area contributed by atoms with E-state index in [-0.39, 0.29) is 10.9 Å². The van der Waals surface area contributed by atoms with Crippen LogP contribution in [0.2, 0.25) is 5.02 Å². The molecule has 0 fully saturated rings. The van der Waals surface area contributed by atoms with Crippen LogP contribution in [0.25, 0.3) is 0 Å². The van der Waals surface area contributed by atoms with Crippen LogP contribution in [-0.4, -0.2) is 10.9 Å². The van der Waals surface area contributed by atoms with Gasteiger partial charge in [-0.2, -0.15) is 0 Å². The number of carbonyl (C=O) groups is 1. The van der Waals surface area contributed by atoms with Crippen LogP contribution in [0.4, 0.5) is 5.69 Å². The van der Waals surface area contributed by atoms with Crippen molar-refractivity contribution in [3.05, 3.63) is 63.7 Å². The van der Waals surface area contributed by atoms with Gasteiger partial charge in [0.25, 0.3) is 5.91 Å². The Labute approximate surface area is 134 Å². The molecule has 1 amide bonds. The average molecular weight is 319 g/mol. The summed E-state index contributed by atoms with van der Waals surface area (Å²) in [5, 5.41) is 3.33. The van der Waals surface area contributed by atoms with E-state index < -0.39 is 0 Å². The van der Waals surface area contributed by atoms with Gasteiger partial charge in [-0.3, -0.25) is 4.79 Å². The number of nitrogens with two attached hydrogens (primary N) is 1. The van der Waals surface area contributed by atoms with E-state index in [0.717, 1.165) is 11.1 Å². The molecule has 0 aliphatic heterocycles. The second-order valence-corrected chi connectivity index (χ2v) is 5.70. The molecule has 0 aliphatic rings. The van der Waals surface area contributed by atoms with Crippen LogP contribution in [0, 0.1) is 13.8 Å². The Hall–Kier alpha value is -1.91. The normalized spacial score (nSPS) is 10.2. The first-order valence-electron chi connectivity index (χ1n) is 6.36. The zero-order chi connectivity index (χ0) is 15.6. The lowest BCUT2D eigenvalue weighted by molar-refractivity contribution is 0.102. The maximum absolute atomic E-state index is 12.4. The van der Waals surface area contributed by atoms with E-state index in [1.165, 1.54) is 0 Å². The minimum atomic E-state index is -0.212. The number of thiocarbonyl (C=S) groups is 1. The van der Waals surface area contributed by atoms with Gasteiger partial charge in [-0.1, -0.05) is 41.5 Å². The summed E-state index contributed by atoms with van der Waals surface area (Å²) in [5.41, 5.74) is 9.31. The van der Waals surface area contributed by atoms with Gasteiger partial charge in [0.15, 0.2) is 0 Å². The number of hydrogen-bond acceptors (Lipinski definition) is 2. The second-order valence-electron chi connectivity index (χ2n) is 4.83. The van der Waals surface area contributed by atoms with Crippen LogP contribution >= 0.6 is 23.8 Å². The van der Waals surface area contributed by atoms with Crippen molar-refractivity contribution in [1.29, 1.82) is 0 Å². The highest BCUT2D eigenvalue weighted by Gasteiger charge is 2.13. The molecule has 0 heterocycles. The van der Waals surface area contributed by atoms with Gasteiger partial charge < -0.3 is 11.1 Å². The minimum absolute atomic E-state index is 0.211. The minimum Gasteiger partial charge on any atom is -0.389 e. The lowest BCUT2D eigenvalue weighted by Crippen LogP contribution is -2.18. The van der Waals surface area contributed by atoms with Gasteiger partial charge in [0.05, 0.1) is 5.69 Å². The summed E-state index contributed by atoms with van der Waals surface area (Å²) in [6, 6.07) is 10.7. The number of amides is 1. The summed E-state index contributed by atoms with van der Waals surface area (Å²) in [6.45, 7) is 3.83. The summed E-state index contributed by atoms with van der Waals surface area (Å²) < 4.78 is 0. The average Bonchev–Trinajstić information content (AvgIpc) is 2.41. The van der Waals surface area contributed by atoms with Crippen molar-refractivity contribution in [2.24, 2.45) is 5.73 Å². The molecule has 0 spiro atoms. The Bertz CT molecular complexity index is 728. The molecular weight excluding hydrogens is 304 g/mol. The van der Waals surface area contributed by atoms with Crippen molar-refractivity contribution in [3.8, 4) is 0 Å². The molecule has 3 nitrogen and oxygen atoms in total. The third-order valence-electron chi connectivity index (χ3n) is 3.13. The van der Waals surface area contributed by atoms with Crippen LogP contribution in [0.1, 0.15) is 27.0 Å². The Kier molecular flexibility index (Phi) is 4.60. The molecule has 108 valence electrons. The molecule has 2 rings (SSSR count). The van der Waals surface area contributed by atoms with Crippen molar-refractivity contribution in [2.45, 2.75) is 13.8 Å². The fourth-order valence-corrected chi connectivity index (χ4v) is 2.35. The Morgan fingerprint density at radius 1 is 1.14 bits per heavy atom. The summed E-state index contributed by atoms with van der Waals surface area (Å²) >= 11 is 11.0. The molecule has 3 N–H and O–H groups in total. The smallest absolute Gasteiger partial charge is 0.255 e. The quantitative estimate of drug-likeness (QED) is 0.845. The van der Waals surface area contributed by atoms with Gasteiger partial charge in [-0.15, -0.1) is 0 Å². The lowest BCUT2D eigenvalue weighted by Gasteiger charge is -2.12. The van der Waals surface area contributed by atoms with Crippen LogP contribution in [0.5, 0.6) is 0 Å². The van der Waals surface area contributed by atoms with Crippen LogP contribution in [0.15, 0.2) is 36.4 Å². The molecule has 5 heteroatoms. The number of benzene rings is 2. The molecule has 0 bridgehead atoms. The fraction of sp³-hybridized carbons (Fsp3) is 0.125. The number of rotatable bonds is 3. The highest BCUT2D eigenvalue weighted by Crippen LogP contribution is 2.22. The lowest BCUT2D eigenvalue weighted by atomic mass is 10.0.